The van der Waals surface area contributed by atoms with Gasteiger partial charge in [-0.15, -0.1) is 0 Å². The van der Waals surface area contributed by atoms with Gasteiger partial charge in [-0.25, -0.2) is 14.6 Å². The van der Waals surface area contributed by atoms with Crippen LogP contribution in [0.15, 0.2) is 11.0 Å². The van der Waals surface area contributed by atoms with E-state index in [-0.39, 0.29) is 11.6 Å². The molecule has 0 spiro atoms. The lowest BCUT2D eigenvalue weighted by Gasteiger charge is -2.13. The number of hydrogen-bond donors (Lipinski definition) is 2. The summed E-state index contributed by atoms with van der Waals surface area (Å²) in [6.45, 7) is 4.50. The summed E-state index contributed by atoms with van der Waals surface area (Å²) in [5.41, 5.74) is -0.363. The summed E-state index contributed by atoms with van der Waals surface area (Å²) in [5, 5.41) is 12.0. The topological polar surface area (TPSA) is 84.2 Å². The standard InChI is InChI=1S/C10H13N3O3/c1-5(2)7-4-13-8(12-7)6(9(14)15)3-11-10(13)16/h3,5,7,12H,4H2,1-2H3,(H,14,15). The van der Waals surface area contributed by atoms with Crippen LogP contribution in [0.5, 0.6) is 0 Å². The number of rotatable bonds is 2. The lowest BCUT2D eigenvalue weighted by Crippen LogP contribution is -2.25. The molecule has 86 valence electrons. The van der Waals surface area contributed by atoms with Crippen molar-refractivity contribution in [1.29, 1.82) is 0 Å². The Bertz CT molecular complexity index is 493. The number of carbonyl (C=O) groups is 1. The monoisotopic (exact) mass is 223 g/mol. The van der Waals surface area contributed by atoms with Crippen LogP contribution in [0.2, 0.25) is 0 Å². The Balaban J connectivity index is 2.50. The maximum atomic E-state index is 11.5. The third-order valence-corrected chi connectivity index (χ3v) is 2.80. The van der Waals surface area contributed by atoms with Gasteiger partial charge in [-0.2, -0.15) is 0 Å². The molecule has 0 radical (unpaired) electrons. The molecular weight excluding hydrogens is 210 g/mol. The zero-order chi connectivity index (χ0) is 11.9. The number of fused-ring (bicyclic) bond motifs is 1. The molecule has 0 amide bonds. The number of anilines is 1. The molecule has 1 aromatic heterocycles. The minimum Gasteiger partial charge on any atom is -0.478 e. The van der Waals surface area contributed by atoms with Gasteiger partial charge < -0.3 is 10.4 Å². The molecule has 6 nitrogen and oxygen atoms in total. The molecule has 0 aliphatic carbocycles. The summed E-state index contributed by atoms with van der Waals surface area (Å²) < 4.78 is 1.38. The van der Waals surface area contributed by atoms with E-state index in [2.05, 4.69) is 10.3 Å². The zero-order valence-electron chi connectivity index (χ0n) is 9.10. The Morgan fingerprint density at radius 3 is 2.94 bits per heavy atom. The van der Waals surface area contributed by atoms with E-state index in [1.807, 2.05) is 13.8 Å². The van der Waals surface area contributed by atoms with E-state index in [1.165, 1.54) is 4.57 Å². The van der Waals surface area contributed by atoms with Gasteiger partial charge >= 0.3 is 11.7 Å². The van der Waals surface area contributed by atoms with Crippen LogP contribution < -0.4 is 11.0 Å². The predicted octanol–water partition coefficient (Wildman–Crippen LogP) is 0.392. The average molecular weight is 223 g/mol. The van der Waals surface area contributed by atoms with Crippen LogP contribution in [0, 0.1) is 5.92 Å². The highest BCUT2D eigenvalue weighted by Crippen LogP contribution is 2.23. The van der Waals surface area contributed by atoms with Crippen LogP contribution in [0.3, 0.4) is 0 Å². The van der Waals surface area contributed by atoms with E-state index in [0.29, 0.717) is 18.3 Å². The third-order valence-electron chi connectivity index (χ3n) is 2.80. The fourth-order valence-electron chi connectivity index (χ4n) is 1.77. The fourth-order valence-corrected chi connectivity index (χ4v) is 1.77. The number of carboxylic acid groups (broad SMARTS) is 1. The Kier molecular flexibility index (Phi) is 2.41. The van der Waals surface area contributed by atoms with Gasteiger partial charge in [0.25, 0.3) is 0 Å². The second-order valence-electron chi connectivity index (χ2n) is 4.21. The second kappa shape index (κ2) is 3.62. The molecule has 0 bridgehead atoms. The van der Waals surface area contributed by atoms with Gasteiger partial charge in [-0.1, -0.05) is 13.8 Å². The van der Waals surface area contributed by atoms with Crippen LogP contribution in [-0.2, 0) is 6.54 Å². The number of carboxylic acids is 1. The molecule has 2 heterocycles. The molecule has 6 heteroatoms. The van der Waals surface area contributed by atoms with Crippen LogP contribution in [0.1, 0.15) is 24.2 Å². The maximum Gasteiger partial charge on any atom is 0.349 e. The molecule has 0 fully saturated rings. The molecule has 2 rings (SSSR count). The average Bonchev–Trinajstić information content (AvgIpc) is 2.62. The quantitative estimate of drug-likeness (QED) is 0.757. The smallest absolute Gasteiger partial charge is 0.349 e. The first kappa shape index (κ1) is 10.7. The van der Waals surface area contributed by atoms with Gasteiger partial charge in [-0.3, -0.25) is 4.57 Å². The molecule has 2 N–H and O–H groups in total. The minimum absolute atomic E-state index is 0.0442. The van der Waals surface area contributed by atoms with Gasteiger partial charge in [0.15, 0.2) is 0 Å². The van der Waals surface area contributed by atoms with E-state index in [1.54, 1.807) is 0 Å². The molecular formula is C10H13N3O3. The first-order valence-corrected chi connectivity index (χ1v) is 5.10. The van der Waals surface area contributed by atoms with Crippen molar-refractivity contribution in [2.75, 3.05) is 5.32 Å². The molecule has 0 saturated heterocycles. The summed E-state index contributed by atoms with van der Waals surface area (Å²) in [6.07, 6.45) is 1.10. The van der Waals surface area contributed by atoms with Gasteiger partial charge in [0.1, 0.15) is 11.4 Å². The summed E-state index contributed by atoms with van der Waals surface area (Å²) in [5.74, 6) is -0.389. The third kappa shape index (κ3) is 1.56. The molecule has 16 heavy (non-hydrogen) atoms. The number of hydrogen-bond acceptors (Lipinski definition) is 4. The molecule has 0 aromatic carbocycles. The number of nitrogens with one attached hydrogen (secondary N) is 1. The maximum absolute atomic E-state index is 11.5. The van der Waals surface area contributed by atoms with Crippen molar-refractivity contribution in [3.63, 3.8) is 0 Å². The Hall–Kier alpha value is -1.85. The molecule has 1 unspecified atom stereocenters. The fraction of sp³-hybridized carbons (Fsp3) is 0.500. The first-order chi connectivity index (χ1) is 7.50. The highest BCUT2D eigenvalue weighted by Gasteiger charge is 2.28. The zero-order valence-corrected chi connectivity index (χ0v) is 9.10. The summed E-state index contributed by atoms with van der Waals surface area (Å²) >= 11 is 0. The summed E-state index contributed by atoms with van der Waals surface area (Å²) in [6, 6.07) is 0.0787. The van der Waals surface area contributed by atoms with Crippen molar-refractivity contribution in [3.8, 4) is 0 Å². The van der Waals surface area contributed by atoms with Crippen molar-refractivity contribution < 1.29 is 9.90 Å². The van der Waals surface area contributed by atoms with Crippen molar-refractivity contribution in [2.45, 2.75) is 26.4 Å². The lowest BCUT2D eigenvalue weighted by molar-refractivity contribution is 0.0697. The Labute approximate surface area is 91.9 Å². The highest BCUT2D eigenvalue weighted by molar-refractivity contribution is 5.93. The minimum atomic E-state index is -1.08. The van der Waals surface area contributed by atoms with Gasteiger partial charge in [-0.05, 0) is 5.92 Å². The molecule has 0 saturated carbocycles. The van der Waals surface area contributed by atoms with E-state index in [4.69, 9.17) is 5.11 Å². The number of nitrogens with zero attached hydrogens (tertiary/aromatic N) is 2. The molecule has 1 aliphatic rings. The number of aromatic nitrogens is 2. The summed E-state index contributed by atoms with van der Waals surface area (Å²) in [4.78, 5) is 26.0. The predicted molar refractivity (Wildman–Crippen MR) is 57.7 cm³/mol. The van der Waals surface area contributed by atoms with E-state index in [0.717, 1.165) is 6.20 Å². The SMILES string of the molecule is CC(C)C1Cn2c(c(C(=O)O)cnc2=O)N1. The second-order valence-corrected chi connectivity index (χ2v) is 4.21. The Morgan fingerprint density at radius 2 is 2.38 bits per heavy atom. The Morgan fingerprint density at radius 1 is 1.69 bits per heavy atom. The van der Waals surface area contributed by atoms with Crippen LogP contribution >= 0.6 is 0 Å². The molecule has 1 aromatic rings. The van der Waals surface area contributed by atoms with E-state index < -0.39 is 11.7 Å². The van der Waals surface area contributed by atoms with Crippen molar-refractivity contribution >= 4 is 11.8 Å². The molecule has 1 atom stereocenters. The van der Waals surface area contributed by atoms with Crippen molar-refractivity contribution in [1.82, 2.24) is 9.55 Å². The lowest BCUT2D eigenvalue weighted by atomic mass is 10.1. The van der Waals surface area contributed by atoms with E-state index in [9.17, 15) is 9.59 Å². The van der Waals surface area contributed by atoms with E-state index >= 15 is 0 Å². The van der Waals surface area contributed by atoms with Crippen LogP contribution in [-0.4, -0.2) is 26.7 Å². The normalized spacial score (nSPS) is 18.3. The van der Waals surface area contributed by atoms with Gasteiger partial charge in [0, 0.05) is 12.6 Å². The highest BCUT2D eigenvalue weighted by atomic mass is 16.4. The van der Waals surface area contributed by atoms with Crippen molar-refractivity contribution in [3.05, 3.63) is 22.2 Å². The largest absolute Gasteiger partial charge is 0.478 e. The molecule has 1 aliphatic heterocycles. The number of aromatic carboxylic acids is 1. The first-order valence-electron chi connectivity index (χ1n) is 5.10. The van der Waals surface area contributed by atoms with Crippen LogP contribution in [0.4, 0.5) is 5.82 Å². The van der Waals surface area contributed by atoms with Gasteiger partial charge in [0.05, 0.1) is 6.20 Å². The van der Waals surface area contributed by atoms with Crippen LogP contribution in [0.25, 0.3) is 0 Å². The van der Waals surface area contributed by atoms with Gasteiger partial charge in [0.2, 0.25) is 0 Å². The van der Waals surface area contributed by atoms with Crippen molar-refractivity contribution in [2.24, 2.45) is 5.92 Å². The summed E-state index contributed by atoms with van der Waals surface area (Å²) in [7, 11) is 0.